The van der Waals surface area contributed by atoms with Gasteiger partial charge in [-0.15, -0.1) is 10.2 Å². The summed E-state index contributed by atoms with van der Waals surface area (Å²) in [5, 5.41) is 10.9. The maximum atomic E-state index is 12.4. The van der Waals surface area contributed by atoms with E-state index in [2.05, 4.69) is 20.3 Å². The topological polar surface area (TPSA) is 52.0 Å². The Hall–Kier alpha value is -2.02. The molecule has 1 N–H and O–H groups in total. The van der Waals surface area contributed by atoms with E-state index in [-0.39, 0.29) is 11.8 Å². The van der Waals surface area contributed by atoms with Gasteiger partial charge in [-0.3, -0.25) is 0 Å². The third kappa shape index (κ3) is 3.51. The quantitative estimate of drug-likeness (QED) is 0.883. The fraction of sp³-hybridized carbons (Fsp3) is 0.385. The van der Waals surface area contributed by atoms with Crippen molar-refractivity contribution in [2.75, 3.05) is 0 Å². The number of nitrogens with one attached hydrogen (secondary N) is 1. The molecule has 1 aromatic carbocycles. The summed E-state index contributed by atoms with van der Waals surface area (Å²) in [7, 11) is 1.84. The molecule has 1 heterocycles. The molecule has 0 radical (unpaired) electrons. The molecule has 1 unspecified atom stereocenters. The lowest BCUT2D eigenvalue weighted by molar-refractivity contribution is -0.0506. The Labute approximate surface area is 115 Å². The molecule has 20 heavy (non-hydrogen) atoms. The molecule has 1 aromatic heterocycles. The highest BCUT2D eigenvalue weighted by Gasteiger charge is 2.14. The van der Waals surface area contributed by atoms with E-state index >= 15 is 0 Å². The van der Waals surface area contributed by atoms with Gasteiger partial charge in [-0.2, -0.15) is 8.78 Å². The molecule has 1 atom stereocenters. The maximum Gasteiger partial charge on any atom is 0.387 e. The van der Waals surface area contributed by atoms with Gasteiger partial charge in [-0.1, -0.05) is 18.2 Å². The van der Waals surface area contributed by atoms with Crippen LogP contribution >= 0.6 is 0 Å². The van der Waals surface area contributed by atoms with Crippen LogP contribution in [0.1, 0.15) is 24.4 Å². The van der Waals surface area contributed by atoms with Crippen LogP contribution in [0.5, 0.6) is 5.75 Å². The van der Waals surface area contributed by atoms with Crippen LogP contribution in [-0.2, 0) is 13.6 Å². The van der Waals surface area contributed by atoms with E-state index in [4.69, 9.17) is 0 Å². The lowest BCUT2D eigenvalue weighted by Crippen LogP contribution is -2.21. The van der Waals surface area contributed by atoms with Crippen LogP contribution in [0.15, 0.2) is 30.6 Å². The predicted octanol–water partition coefficient (Wildman–Crippen LogP) is 2.27. The van der Waals surface area contributed by atoms with Gasteiger partial charge in [0.15, 0.2) is 0 Å². The second-order valence-electron chi connectivity index (χ2n) is 4.38. The van der Waals surface area contributed by atoms with Gasteiger partial charge in [-0.05, 0) is 13.0 Å². The van der Waals surface area contributed by atoms with E-state index in [1.165, 1.54) is 6.07 Å². The van der Waals surface area contributed by atoms with Crippen LogP contribution in [-0.4, -0.2) is 21.4 Å². The van der Waals surface area contributed by atoms with Crippen molar-refractivity contribution in [2.45, 2.75) is 26.1 Å². The van der Waals surface area contributed by atoms with Crippen molar-refractivity contribution in [3.05, 3.63) is 42.0 Å². The van der Waals surface area contributed by atoms with E-state index in [0.717, 1.165) is 5.82 Å². The Balaban J connectivity index is 2.05. The number of benzene rings is 1. The molecule has 0 fully saturated rings. The third-order valence-corrected chi connectivity index (χ3v) is 2.97. The molecule has 2 aromatic rings. The van der Waals surface area contributed by atoms with E-state index in [1.807, 2.05) is 14.0 Å². The van der Waals surface area contributed by atoms with Crippen molar-refractivity contribution in [1.82, 2.24) is 20.1 Å². The van der Waals surface area contributed by atoms with E-state index < -0.39 is 6.61 Å². The van der Waals surface area contributed by atoms with Crippen molar-refractivity contribution in [1.29, 1.82) is 0 Å². The lowest BCUT2D eigenvalue weighted by atomic mass is 10.1. The minimum absolute atomic E-state index is 0.151. The maximum absolute atomic E-state index is 12.4. The molecule has 0 spiro atoms. The zero-order valence-electron chi connectivity index (χ0n) is 11.3. The van der Waals surface area contributed by atoms with Crippen molar-refractivity contribution < 1.29 is 13.5 Å². The second kappa shape index (κ2) is 6.42. The van der Waals surface area contributed by atoms with Crippen LogP contribution < -0.4 is 10.1 Å². The number of rotatable bonds is 6. The van der Waals surface area contributed by atoms with Gasteiger partial charge < -0.3 is 14.6 Å². The van der Waals surface area contributed by atoms with Gasteiger partial charge in [0, 0.05) is 18.7 Å². The molecule has 7 heteroatoms. The van der Waals surface area contributed by atoms with Crippen molar-refractivity contribution in [2.24, 2.45) is 7.05 Å². The summed E-state index contributed by atoms with van der Waals surface area (Å²) in [4.78, 5) is 0. The molecule has 2 rings (SSSR count). The van der Waals surface area contributed by atoms with Gasteiger partial charge in [0.05, 0.1) is 6.54 Å². The summed E-state index contributed by atoms with van der Waals surface area (Å²) < 4.78 is 31.0. The van der Waals surface area contributed by atoms with Gasteiger partial charge in [0.2, 0.25) is 0 Å². The van der Waals surface area contributed by atoms with Gasteiger partial charge in [0.25, 0.3) is 0 Å². The minimum atomic E-state index is -2.83. The zero-order valence-corrected chi connectivity index (χ0v) is 11.3. The molecular weight excluding hydrogens is 266 g/mol. The average molecular weight is 282 g/mol. The number of nitrogens with zero attached hydrogens (tertiary/aromatic N) is 3. The minimum Gasteiger partial charge on any atom is -0.434 e. The van der Waals surface area contributed by atoms with E-state index in [9.17, 15) is 8.78 Å². The molecule has 0 aliphatic carbocycles. The molecule has 0 saturated carbocycles. The van der Waals surface area contributed by atoms with Gasteiger partial charge >= 0.3 is 6.61 Å². The SMILES string of the molecule is CC(NCc1nncn1C)c1ccccc1OC(F)F. The normalized spacial score (nSPS) is 12.7. The summed E-state index contributed by atoms with van der Waals surface area (Å²) in [6, 6.07) is 6.58. The van der Waals surface area contributed by atoms with Gasteiger partial charge in [-0.25, -0.2) is 0 Å². The summed E-state index contributed by atoms with van der Waals surface area (Å²) in [5.41, 5.74) is 0.676. The van der Waals surface area contributed by atoms with E-state index in [1.54, 1.807) is 29.1 Å². The fourth-order valence-corrected chi connectivity index (χ4v) is 1.86. The summed E-state index contributed by atoms with van der Waals surface area (Å²) in [6.07, 6.45) is 1.61. The van der Waals surface area contributed by atoms with Crippen LogP contribution in [0.3, 0.4) is 0 Å². The van der Waals surface area contributed by atoms with Crippen molar-refractivity contribution in [3.63, 3.8) is 0 Å². The number of hydrogen-bond donors (Lipinski definition) is 1. The number of hydrogen-bond acceptors (Lipinski definition) is 4. The Morgan fingerprint density at radius 1 is 1.35 bits per heavy atom. The first-order valence-electron chi connectivity index (χ1n) is 6.18. The largest absolute Gasteiger partial charge is 0.434 e. The molecule has 0 saturated heterocycles. The fourth-order valence-electron chi connectivity index (χ4n) is 1.86. The van der Waals surface area contributed by atoms with Crippen LogP contribution in [0, 0.1) is 0 Å². The first-order chi connectivity index (χ1) is 9.58. The lowest BCUT2D eigenvalue weighted by Gasteiger charge is -2.17. The molecular formula is C13H16F2N4O. The van der Waals surface area contributed by atoms with Crippen LogP contribution in [0.4, 0.5) is 8.78 Å². The second-order valence-corrected chi connectivity index (χ2v) is 4.38. The molecule has 5 nitrogen and oxygen atoms in total. The zero-order chi connectivity index (χ0) is 14.5. The van der Waals surface area contributed by atoms with Crippen molar-refractivity contribution >= 4 is 0 Å². The molecule has 0 aliphatic rings. The Bertz CT molecular complexity index is 559. The number of ether oxygens (including phenoxy) is 1. The first kappa shape index (κ1) is 14.4. The van der Waals surface area contributed by atoms with Crippen molar-refractivity contribution in [3.8, 4) is 5.75 Å². The highest BCUT2D eigenvalue weighted by molar-refractivity contribution is 5.35. The number of para-hydroxylation sites is 1. The molecule has 0 aliphatic heterocycles. The van der Waals surface area contributed by atoms with Crippen LogP contribution in [0.25, 0.3) is 0 Å². The monoisotopic (exact) mass is 282 g/mol. The number of aromatic nitrogens is 3. The Morgan fingerprint density at radius 3 is 2.75 bits per heavy atom. The molecule has 108 valence electrons. The highest BCUT2D eigenvalue weighted by Crippen LogP contribution is 2.26. The number of aryl methyl sites for hydroxylation is 1. The molecule has 0 bridgehead atoms. The summed E-state index contributed by atoms with van der Waals surface area (Å²) >= 11 is 0. The smallest absolute Gasteiger partial charge is 0.387 e. The summed E-state index contributed by atoms with van der Waals surface area (Å²) in [6.45, 7) is -0.466. The number of alkyl halides is 2. The van der Waals surface area contributed by atoms with Gasteiger partial charge in [0.1, 0.15) is 17.9 Å². The molecule has 0 amide bonds. The highest BCUT2D eigenvalue weighted by atomic mass is 19.3. The number of halogens is 2. The third-order valence-electron chi connectivity index (χ3n) is 2.97. The predicted molar refractivity (Wildman–Crippen MR) is 69.3 cm³/mol. The van der Waals surface area contributed by atoms with Crippen LogP contribution in [0.2, 0.25) is 0 Å². The first-order valence-corrected chi connectivity index (χ1v) is 6.18. The standard InChI is InChI=1S/C13H16F2N4O/c1-9(16-7-12-18-17-8-19(12)2)10-5-3-4-6-11(10)20-13(14)15/h3-6,8-9,13,16H,7H2,1-2H3. The Kier molecular flexibility index (Phi) is 4.62. The van der Waals surface area contributed by atoms with E-state index in [0.29, 0.717) is 12.1 Å². The summed E-state index contributed by atoms with van der Waals surface area (Å²) in [5.74, 6) is 0.949. The average Bonchev–Trinajstić information content (AvgIpc) is 2.81. The Morgan fingerprint density at radius 2 is 2.10 bits per heavy atom.